The lowest BCUT2D eigenvalue weighted by atomic mass is 9.99. The van der Waals surface area contributed by atoms with Gasteiger partial charge in [0.05, 0.1) is 4.88 Å². The summed E-state index contributed by atoms with van der Waals surface area (Å²) in [7, 11) is 0. The second-order valence-electron chi connectivity index (χ2n) is 5.87. The lowest BCUT2D eigenvalue weighted by Gasteiger charge is -2.11. The molecular weight excluding hydrogens is 280 g/mol. The maximum Gasteiger partial charge on any atom is 0.229 e. The molecule has 0 saturated heterocycles. The highest BCUT2D eigenvalue weighted by molar-refractivity contribution is 7.18. The first kappa shape index (κ1) is 15.8. The number of allylic oxidation sites excluding steroid dienone is 2. The van der Waals surface area contributed by atoms with Gasteiger partial charge in [-0.15, -0.1) is 11.3 Å². The summed E-state index contributed by atoms with van der Waals surface area (Å²) in [6.45, 7) is 6.38. The molecular formula is C18H22O2S. The minimum absolute atomic E-state index is 0.0623. The van der Waals surface area contributed by atoms with Crippen molar-refractivity contribution in [2.45, 2.75) is 40.0 Å². The molecule has 1 atom stereocenters. The Morgan fingerprint density at radius 3 is 2.76 bits per heavy atom. The first-order valence-corrected chi connectivity index (χ1v) is 8.17. The van der Waals surface area contributed by atoms with Gasteiger partial charge in [-0.3, -0.25) is 4.79 Å². The van der Waals surface area contributed by atoms with E-state index in [-0.39, 0.29) is 11.2 Å². The van der Waals surface area contributed by atoms with Crippen molar-refractivity contribution in [2.75, 3.05) is 0 Å². The molecule has 1 unspecified atom stereocenters. The van der Waals surface area contributed by atoms with Gasteiger partial charge in [-0.25, -0.2) is 0 Å². The van der Waals surface area contributed by atoms with Crippen molar-refractivity contribution in [1.29, 1.82) is 0 Å². The minimum Gasteiger partial charge on any atom is -0.503 e. The van der Waals surface area contributed by atoms with Crippen molar-refractivity contribution in [3.05, 3.63) is 51.0 Å². The predicted octanol–water partition coefficient (Wildman–Crippen LogP) is 4.89. The molecule has 2 rings (SSSR count). The number of benzene rings is 1. The van der Waals surface area contributed by atoms with E-state index in [1.807, 2.05) is 18.2 Å². The lowest BCUT2D eigenvalue weighted by Crippen LogP contribution is -2.06. The summed E-state index contributed by atoms with van der Waals surface area (Å²) in [6.07, 6.45) is 5.11. The molecule has 0 amide bonds. The third kappa shape index (κ3) is 3.94. The summed E-state index contributed by atoms with van der Waals surface area (Å²) in [6, 6.07) is 7.48. The van der Waals surface area contributed by atoms with Crippen LogP contribution in [0.2, 0.25) is 0 Å². The monoisotopic (exact) mass is 302 g/mol. The standard InChI is InChI=1S/C18H22O2S/c1-12(2)7-6-8-13(3)11-16-18(20)17(19)14-9-4-5-10-15(14)21-16/h4-5,7,9-10,13,20H,6,8,11H2,1-3H3. The van der Waals surface area contributed by atoms with Gasteiger partial charge in [0, 0.05) is 10.1 Å². The van der Waals surface area contributed by atoms with Crippen LogP contribution in [-0.2, 0) is 6.42 Å². The summed E-state index contributed by atoms with van der Waals surface area (Å²) >= 11 is 1.53. The van der Waals surface area contributed by atoms with E-state index in [2.05, 4.69) is 26.8 Å². The Bertz CT molecular complexity index is 709. The van der Waals surface area contributed by atoms with Crippen molar-refractivity contribution in [3.8, 4) is 5.75 Å². The molecule has 1 heterocycles. The average Bonchev–Trinajstić information content (AvgIpc) is 2.44. The van der Waals surface area contributed by atoms with E-state index in [0.29, 0.717) is 11.3 Å². The van der Waals surface area contributed by atoms with E-state index in [0.717, 1.165) is 28.8 Å². The molecule has 2 nitrogen and oxygen atoms in total. The van der Waals surface area contributed by atoms with Crippen molar-refractivity contribution < 1.29 is 5.11 Å². The third-order valence-corrected chi connectivity index (χ3v) is 4.77. The molecule has 0 radical (unpaired) electrons. The molecule has 21 heavy (non-hydrogen) atoms. The van der Waals surface area contributed by atoms with Crippen LogP contribution < -0.4 is 5.43 Å². The Morgan fingerprint density at radius 2 is 2.05 bits per heavy atom. The summed E-state index contributed by atoms with van der Waals surface area (Å²) in [5.41, 5.74) is 1.09. The highest BCUT2D eigenvalue weighted by Crippen LogP contribution is 2.29. The van der Waals surface area contributed by atoms with Gasteiger partial charge in [0.1, 0.15) is 0 Å². The summed E-state index contributed by atoms with van der Waals surface area (Å²) in [5.74, 6) is 0.385. The molecule has 2 aromatic rings. The van der Waals surface area contributed by atoms with Gasteiger partial charge in [0.2, 0.25) is 5.43 Å². The fourth-order valence-corrected chi connectivity index (χ4v) is 3.63. The van der Waals surface area contributed by atoms with Gasteiger partial charge in [0.25, 0.3) is 0 Å². The van der Waals surface area contributed by atoms with Crippen molar-refractivity contribution in [3.63, 3.8) is 0 Å². The number of hydrogen-bond donors (Lipinski definition) is 1. The molecule has 0 fully saturated rings. The second kappa shape index (κ2) is 6.90. The first-order valence-electron chi connectivity index (χ1n) is 7.36. The molecule has 1 aromatic carbocycles. The SMILES string of the molecule is CC(C)=CCCC(C)Cc1sc2ccccc2c(=O)c1O. The van der Waals surface area contributed by atoms with Gasteiger partial charge in [-0.05, 0) is 51.2 Å². The lowest BCUT2D eigenvalue weighted by molar-refractivity contribution is 0.455. The van der Waals surface area contributed by atoms with Crippen LogP contribution in [0.4, 0.5) is 0 Å². The average molecular weight is 302 g/mol. The summed E-state index contributed by atoms with van der Waals surface area (Å²) in [4.78, 5) is 13.0. The van der Waals surface area contributed by atoms with Crippen molar-refractivity contribution >= 4 is 21.4 Å². The number of hydrogen-bond acceptors (Lipinski definition) is 3. The molecule has 1 N–H and O–H groups in total. The van der Waals surface area contributed by atoms with Gasteiger partial charge in [-0.2, -0.15) is 0 Å². The van der Waals surface area contributed by atoms with Crippen LogP contribution in [0, 0.1) is 5.92 Å². The molecule has 112 valence electrons. The molecule has 3 heteroatoms. The maximum absolute atomic E-state index is 12.2. The minimum atomic E-state index is -0.240. The molecule has 0 saturated carbocycles. The quantitative estimate of drug-likeness (QED) is 0.798. The fraction of sp³-hybridized carbons (Fsp3) is 0.389. The second-order valence-corrected chi connectivity index (χ2v) is 7.00. The largest absolute Gasteiger partial charge is 0.503 e. The molecule has 0 spiro atoms. The van der Waals surface area contributed by atoms with E-state index >= 15 is 0 Å². The topological polar surface area (TPSA) is 37.3 Å². The van der Waals surface area contributed by atoms with E-state index in [4.69, 9.17) is 0 Å². The van der Waals surface area contributed by atoms with Crippen LogP contribution in [0.25, 0.3) is 10.1 Å². The van der Waals surface area contributed by atoms with Crippen LogP contribution in [-0.4, -0.2) is 5.11 Å². The van der Waals surface area contributed by atoms with Gasteiger partial charge in [0.15, 0.2) is 5.75 Å². The van der Waals surface area contributed by atoms with E-state index in [1.54, 1.807) is 6.07 Å². The highest BCUT2D eigenvalue weighted by atomic mass is 32.1. The molecule has 1 aromatic heterocycles. The van der Waals surface area contributed by atoms with E-state index < -0.39 is 0 Å². The van der Waals surface area contributed by atoms with Crippen LogP contribution in [0.15, 0.2) is 40.7 Å². The normalized spacial score (nSPS) is 12.3. The zero-order valence-corrected chi connectivity index (χ0v) is 13.7. The zero-order valence-electron chi connectivity index (χ0n) is 12.8. The predicted molar refractivity (Wildman–Crippen MR) is 91.3 cm³/mol. The number of aromatic hydroxyl groups is 1. The third-order valence-electron chi connectivity index (χ3n) is 3.59. The van der Waals surface area contributed by atoms with E-state index in [9.17, 15) is 9.90 Å². The molecule has 0 bridgehead atoms. The van der Waals surface area contributed by atoms with Crippen molar-refractivity contribution in [1.82, 2.24) is 0 Å². The summed E-state index contributed by atoms with van der Waals surface area (Å²) < 4.78 is 0.951. The van der Waals surface area contributed by atoms with Gasteiger partial charge >= 0.3 is 0 Å². The summed E-state index contributed by atoms with van der Waals surface area (Å²) in [5, 5.41) is 10.8. The van der Waals surface area contributed by atoms with Crippen LogP contribution in [0.5, 0.6) is 5.75 Å². The first-order chi connectivity index (χ1) is 9.99. The number of rotatable bonds is 5. The van der Waals surface area contributed by atoms with Gasteiger partial charge < -0.3 is 5.11 Å². The van der Waals surface area contributed by atoms with Crippen LogP contribution >= 0.6 is 11.3 Å². The van der Waals surface area contributed by atoms with Crippen molar-refractivity contribution in [2.24, 2.45) is 5.92 Å². The molecule has 0 aliphatic carbocycles. The maximum atomic E-state index is 12.2. The number of fused-ring (bicyclic) bond motifs is 1. The Morgan fingerprint density at radius 1 is 1.33 bits per heavy atom. The fourth-order valence-electron chi connectivity index (χ4n) is 2.39. The smallest absolute Gasteiger partial charge is 0.229 e. The van der Waals surface area contributed by atoms with Crippen LogP contribution in [0.1, 0.15) is 38.5 Å². The molecule has 0 aliphatic heterocycles. The Kier molecular flexibility index (Phi) is 5.18. The van der Waals surface area contributed by atoms with Gasteiger partial charge in [-0.1, -0.05) is 30.7 Å². The molecule has 0 aliphatic rings. The highest BCUT2D eigenvalue weighted by Gasteiger charge is 2.13. The Hall–Kier alpha value is -1.61. The Labute approximate surface area is 129 Å². The zero-order chi connectivity index (χ0) is 15.4. The van der Waals surface area contributed by atoms with Crippen LogP contribution in [0.3, 0.4) is 0 Å². The Balaban J connectivity index is 2.20. The van der Waals surface area contributed by atoms with E-state index in [1.165, 1.54) is 16.9 Å².